The number of allylic oxidation sites excluding steroid dienone is 11. The molecule has 340 valence electrons. The van der Waals surface area contributed by atoms with Gasteiger partial charge in [0, 0.05) is 12.8 Å². The van der Waals surface area contributed by atoms with Gasteiger partial charge in [-0.15, -0.1) is 0 Å². The number of carbonyl (C=O) groups is 2. The minimum absolute atomic E-state index is 0.106. The Morgan fingerprint density at radius 3 is 1.63 bits per heavy atom. The van der Waals surface area contributed by atoms with E-state index < -0.39 is 70.6 Å². The summed E-state index contributed by atoms with van der Waals surface area (Å²) in [6.45, 7) is 1.94. The quantitative estimate of drug-likeness (QED) is 0.0170. The van der Waals surface area contributed by atoms with Gasteiger partial charge in [-0.3, -0.25) is 18.6 Å². The van der Waals surface area contributed by atoms with Crippen molar-refractivity contribution in [1.29, 1.82) is 0 Å². The third-order valence-corrected chi connectivity index (χ3v) is 9.98. The molecule has 0 aromatic rings. The van der Waals surface area contributed by atoms with Crippen molar-refractivity contribution in [3.63, 3.8) is 0 Å². The lowest BCUT2D eigenvalue weighted by Crippen LogP contribution is -2.30. The predicted molar refractivity (Wildman–Crippen MR) is 235 cm³/mol. The van der Waals surface area contributed by atoms with Crippen LogP contribution < -0.4 is 0 Å². The molecule has 0 aliphatic heterocycles. The molecule has 0 rings (SSSR count). The Bertz CT molecular complexity index is 1240. The molecule has 0 aliphatic carbocycles. The molecule has 0 aromatic heterocycles. The van der Waals surface area contributed by atoms with E-state index in [2.05, 4.69) is 60.9 Å². The van der Waals surface area contributed by atoms with Gasteiger partial charge in [0.25, 0.3) is 0 Å². The molecule has 0 saturated carbocycles. The molecule has 0 bridgehead atoms. The number of rotatable bonds is 40. The lowest BCUT2D eigenvalue weighted by Gasteiger charge is -2.20. The van der Waals surface area contributed by atoms with Crippen LogP contribution in [-0.4, -0.2) is 88.1 Å². The van der Waals surface area contributed by atoms with E-state index >= 15 is 0 Å². The van der Waals surface area contributed by atoms with Crippen LogP contribution >= 0.6 is 7.82 Å². The summed E-state index contributed by atoms with van der Waals surface area (Å²) in [6.07, 6.45) is 39.0. The van der Waals surface area contributed by atoms with E-state index in [9.17, 15) is 34.4 Å². The lowest BCUT2D eigenvalue weighted by molar-refractivity contribution is -0.161. The summed E-state index contributed by atoms with van der Waals surface area (Å²) in [5, 5.41) is 39.0. The average Bonchev–Trinajstić information content (AvgIpc) is 3.22. The Balaban J connectivity index is 4.63. The maximum Gasteiger partial charge on any atom is 0.472 e. The molecule has 0 amide bonds. The molecule has 0 fully saturated rings. The largest absolute Gasteiger partial charge is 0.472 e. The Morgan fingerprint density at radius 2 is 1.03 bits per heavy atom. The summed E-state index contributed by atoms with van der Waals surface area (Å²) >= 11 is 0. The summed E-state index contributed by atoms with van der Waals surface area (Å²) in [5.74, 6) is -1.28. The van der Waals surface area contributed by atoms with Crippen molar-refractivity contribution in [3.8, 4) is 0 Å². The number of phosphoric ester groups is 1. The number of phosphoric acid groups is 1. The van der Waals surface area contributed by atoms with Gasteiger partial charge < -0.3 is 34.8 Å². The monoisotopic (exact) mass is 855 g/mol. The Morgan fingerprint density at radius 1 is 0.559 bits per heavy atom. The number of unbranched alkanes of at least 4 members (excludes halogenated alkanes) is 10. The maximum absolute atomic E-state index is 12.6. The molecule has 0 aliphatic rings. The Labute approximate surface area is 355 Å². The van der Waals surface area contributed by atoms with Crippen molar-refractivity contribution < 1.29 is 58.0 Å². The number of esters is 2. The molecule has 0 spiro atoms. The van der Waals surface area contributed by atoms with Gasteiger partial charge in [-0.2, -0.15) is 0 Å². The minimum atomic E-state index is -4.71. The minimum Gasteiger partial charge on any atom is -0.462 e. The molecule has 5 N–H and O–H groups in total. The first-order chi connectivity index (χ1) is 28.5. The highest BCUT2D eigenvalue weighted by Crippen LogP contribution is 2.43. The van der Waals surface area contributed by atoms with Crippen molar-refractivity contribution in [2.24, 2.45) is 0 Å². The van der Waals surface area contributed by atoms with Crippen LogP contribution in [-0.2, 0) is 32.7 Å². The molecular weight excluding hydrogens is 775 g/mol. The molecular formula is C46H79O12P. The number of aliphatic hydroxyl groups excluding tert-OH is 4. The number of aliphatic hydroxyl groups is 4. The van der Waals surface area contributed by atoms with Gasteiger partial charge in [0.2, 0.25) is 0 Å². The van der Waals surface area contributed by atoms with Gasteiger partial charge in [-0.05, 0) is 83.5 Å². The summed E-state index contributed by atoms with van der Waals surface area (Å²) in [7, 11) is -4.71. The van der Waals surface area contributed by atoms with Gasteiger partial charge in [0.05, 0.1) is 32.0 Å². The average molecular weight is 855 g/mol. The molecule has 0 heterocycles. The van der Waals surface area contributed by atoms with E-state index in [1.807, 2.05) is 24.3 Å². The van der Waals surface area contributed by atoms with Gasteiger partial charge in [-0.25, -0.2) is 4.57 Å². The zero-order valence-electron chi connectivity index (χ0n) is 36.2. The van der Waals surface area contributed by atoms with Crippen LogP contribution in [0.1, 0.15) is 155 Å². The molecule has 59 heavy (non-hydrogen) atoms. The highest BCUT2D eigenvalue weighted by atomic mass is 31.2. The fraction of sp³-hybridized carbons (Fsp3) is 0.696. The van der Waals surface area contributed by atoms with E-state index in [0.29, 0.717) is 19.3 Å². The van der Waals surface area contributed by atoms with Crippen molar-refractivity contribution in [2.75, 3.05) is 26.4 Å². The first kappa shape index (κ1) is 56.3. The second kappa shape index (κ2) is 40.7. The first-order valence-electron chi connectivity index (χ1n) is 22.1. The number of hydrogen-bond donors (Lipinski definition) is 5. The summed E-state index contributed by atoms with van der Waals surface area (Å²) < 4.78 is 32.5. The van der Waals surface area contributed by atoms with E-state index in [1.165, 1.54) is 57.8 Å². The van der Waals surface area contributed by atoms with E-state index in [-0.39, 0.29) is 32.1 Å². The van der Waals surface area contributed by atoms with Crippen LogP contribution in [0.4, 0.5) is 0 Å². The van der Waals surface area contributed by atoms with Crippen molar-refractivity contribution in [1.82, 2.24) is 0 Å². The van der Waals surface area contributed by atoms with E-state index in [4.69, 9.17) is 19.1 Å². The van der Waals surface area contributed by atoms with Crippen LogP contribution in [0.25, 0.3) is 0 Å². The maximum atomic E-state index is 12.6. The van der Waals surface area contributed by atoms with Crippen LogP contribution in [0.3, 0.4) is 0 Å². The second-order valence-corrected chi connectivity index (χ2v) is 16.1. The second-order valence-electron chi connectivity index (χ2n) is 14.7. The molecule has 12 nitrogen and oxygen atoms in total. The first-order valence-corrected chi connectivity index (χ1v) is 23.6. The third kappa shape index (κ3) is 39.2. The van der Waals surface area contributed by atoms with Crippen molar-refractivity contribution in [2.45, 2.75) is 180 Å². The molecule has 0 radical (unpaired) electrons. The standard InChI is InChI=1S/C46H79O12P/c1-3-5-7-9-11-13-15-17-18-19-20-21-23-25-27-29-31-35-45(51)55-39-42(40-57-59(53,54)56-38-41(48)37-47)58-46(52)36-32-34-44(50)43(49)33-30-28-26-24-22-16-14-12-10-8-6-4-2/h12,14,17-18,20-22,24-25,27-28,30,41-44,47-50H,3-11,13,15-16,19,23,26,29,31-40H2,1-2H3,(H,53,54)/b14-12-,18-17-,21-20-,24-22-,27-25-,30-28-/t41-,42+,43?,44?/m0/s1. The molecule has 5 atom stereocenters. The predicted octanol–water partition coefficient (Wildman–Crippen LogP) is 9.61. The molecule has 0 saturated heterocycles. The third-order valence-electron chi connectivity index (χ3n) is 9.03. The smallest absolute Gasteiger partial charge is 0.462 e. The molecule has 13 heteroatoms. The lowest BCUT2D eigenvalue weighted by atomic mass is 10.0. The molecule has 0 aromatic carbocycles. The fourth-order valence-electron chi connectivity index (χ4n) is 5.46. The van der Waals surface area contributed by atoms with Crippen molar-refractivity contribution >= 4 is 19.8 Å². The Hall–Kier alpha value is -2.67. The Kier molecular flexibility index (Phi) is 38.9. The number of ether oxygens (including phenoxy) is 2. The highest BCUT2D eigenvalue weighted by Gasteiger charge is 2.27. The van der Waals surface area contributed by atoms with Crippen LogP contribution in [0.5, 0.6) is 0 Å². The zero-order chi connectivity index (χ0) is 43.7. The van der Waals surface area contributed by atoms with Gasteiger partial charge in [0.1, 0.15) is 12.7 Å². The van der Waals surface area contributed by atoms with Crippen LogP contribution in [0.15, 0.2) is 72.9 Å². The SMILES string of the molecule is CCCCC/C=C\C/C=C\C/C=C\CC(O)C(O)CCCC(=O)O[C@H](COC(=O)CCC/C=C\C/C=C\C/C=C\CCCCCCCC)COP(=O)(O)OC[C@@H](O)CO. The summed E-state index contributed by atoms with van der Waals surface area (Å²) in [5.41, 5.74) is 0. The summed E-state index contributed by atoms with van der Waals surface area (Å²) in [4.78, 5) is 35.0. The van der Waals surface area contributed by atoms with E-state index in [1.54, 1.807) is 6.08 Å². The van der Waals surface area contributed by atoms with Crippen LogP contribution in [0.2, 0.25) is 0 Å². The number of carbonyl (C=O) groups excluding carboxylic acids is 2. The topological polar surface area (TPSA) is 189 Å². The van der Waals surface area contributed by atoms with Gasteiger partial charge >= 0.3 is 19.8 Å². The fourth-order valence-corrected chi connectivity index (χ4v) is 6.25. The normalized spacial score (nSPS) is 15.6. The number of hydrogen-bond acceptors (Lipinski definition) is 11. The van der Waals surface area contributed by atoms with Gasteiger partial charge in [0.15, 0.2) is 6.10 Å². The highest BCUT2D eigenvalue weighted by molar-refractivity contribution is 7.47. The zero-order valence-corrected chi connectivity index (χ0v) is 37.1. The molecule has 3 unspecified atom stereocenters. The van der Waals surface area contributed by atoms with Crippen molar-refractivity contribution in [3.05, 3.63) is 72.9 Å². The summed E-state index contributed by atoms with van der Waals surface area (Å²) in [6, 6.07) is 0. The van der Waals surface area contributed by atoms with Gasteiger partial charge in [-0.1, -0.05) is 132 Å². The van der Waals surface area contributed by atoms with E-state index in [0.717, 1.165) is 32.1 Å². The van der Waals surface area contributed by atoms with Crippen LogP contribution in [0, 0.1) is 0 Å².